The molecule has 1 fully saturated rings. The molecule has 0 spiro atoms. The zero-order valence-electron chi connectivity index (χ0n) is 11.3. The molecule has 1 aliphatic heterocycles. The Balaban J connectivity index is 1.80. The standard InChI is InChI=1S/C13H21N5O/c1-14-13(19)12-10-11(2-3-17-12)16-6-9-18-7-4-15-5-8-18/h2-3,10,15H,4-9H2,1H3,(H,14,19)(H,16,17). The Bertz CT molecular complexity index is 417. The van der Waals surface area contributed by atoms with Crippen LogP contribution < -0.4 is 16.0 Å². The molecule has 3 N–H and O–H groups in total. The Morgan fingerprint density at radius 2 is 2.26 bits per heavy atom. The fourth-order valence-electron chi connectivity index (χ4n) is 2.09. The van der Waals surface area contributed by atoms with E-state index in [1.807, 2.05) is 6.07 Å². The molecule has 1 aromatic rings. The molecule has 104 valence electrons. The first-order valence-electron chi connectivity index (χ1n) is 6.64. The van der Waals surface area contributed by atoms with Crippen LogP contribution in [0.4, 0.5) is 5.69 Å². The van der Waals surface area contributed by atoms with Gasteiger partial charge in [-0.1, -0.05) is 0 Å². The number of carbonyl (C=O) groups excluding carboxylic acids is 1. The maximum Gasteiger partial charge on any atom is 0.269 e. The van der Waals surface area contributed by atoms with Gasteiger partial charge in [-0.15, -0.1) is 0 Å². The van der Waals surface area contributed by atoms with Crippen LogP contribution >= 0.6 is 0 Å². The van der Waals surface area contributed by atoms with Crippen molar-refractivity contribution in [2.75, 3.05) is 51.6 Å². The molecule has 6 nitrogen and oxygen atoms in total. The molecular weight excluding hydrogens is 242 g/mol. The second kappa shape index (κ2) is 7.06. The lowest BCUT2D eigenvalue weighted by Gasteiger charge is -2.27. The Morgan fingerprint density at radius 3 is 3.00 bits per heavy atom. The van der Waals surface area contributed by atoms with E-state index in [2.05, 4.69) is 25.8 Å². The number of hydrogen-bond donors (Lipinski definition) is 3. The van der Waals surface area contributed by atoms with Crippen LogP contribution in [-0.4, -0.2) is 62.1 Å². The summed E-state index contributed by atoms with van der Waals surface area (Å²) in [6, 6.07) is 3.65. The Labute approximate surface area is 113 Å². The van der Waals surface area contributed by atoms with Crippen molar-refractivity contribution in [1.29, 1.82) is 0 Å². The van der Waals surface area contributed by atoms with Gasteiger partial charge in [-0.25, -0.2) is 0 Å². The van der Waals surface area contributed by atoms with Crippen LogP contribution in [-0.2, 0) is 0 Å². The molecule has 1 amide bonds. The lowest BCUT2D eigenvalue weighted by atomic mass is 10.3. The van der Waals surface area contributed by atoms with Crippen LogP contribution in [0.15, 0.2) is 18.3 Å². The minimum Gasteiger partial charge on any atom is -0.384 e. The molecule has 0 atom stereocenters. The van der Waals surface area contributed by atoms with Gasteiger partial charge in [-0.2, -0.15) is 0 Å². The first-order valence-corrected chi connectivity index (χ1v) is 6.64. The molecule has 0 saturated carbocycles. The minimum atomic E-state index is -0.161. The van der Waals surface area contributed by atoms with Gasteiger partial charge < -0.3 is 16.0 Å². The lowest BCUT2D eigenvalue weighted by molar-refractivity contribution is 0.0958. The van der Waals surface area contributed by atoms with Gasteiger partial charge in [-0.3, -0.25) is 14.7 Å². The minimum absolute atomic E-state index is 0.161. The first-order chi connectivity index (χ1) is 9.29. The summed E-state index contributed by atoms with van der Waals surface area (Å²) in [4.78, 5) is 17.9. The molecular formula is C13H21N5O. The number of nitrogens with zero attached hydrogens (tertiary/aromatic N) is 2. The predicted molar refractivity (Wildman–Crippen MR) is 75.4 cm³/mol. The molecule has 19 heavy (non-hydrogen) atoms. The molecule has 0 aromatic carbocycles. The summed E-state index contributed by atoms with van der Waals surface area (Å²) in [5.74, 6) is -0.161. The third-order valence-electron chi connectivity index (χ3n) is 3.19. The average Bonchev–Trinajstić information content (AvgIpc) is 2.48. The molecule has 1 aliphatic rings. The molecule has 0 bridgehead atoms. The summed E-state index contributed by atoms with van der Waals surface area (Å²) >= 11 is 0. The maximum absolute atomic E-state index is 11.5. The van der Waals surface area contributed by atoms with Crippen LogP contribution in [0.25, 0.3) is 0 Å². The predicted octanol–water partition coefficient (Wildman–Crippen LogP) is -0.242. The fourth-order valence-corrected chi connectivity index (χ4v) is 2.09. The zero-order chi connectivity index (χ0) is 13.5. The molecule has 2 rings (SSSR count). The lowest BCUT2D eigenvalue weighted by Crippen LogP contribution is -2.45. The third kappa shape index (κ3) is 4.18. The van der Waals surface area contributed by atoms with Crippen LogP contribution in [0.3, 0.4) is 0 Å². The Hall–Kier alpha value is -1.66. The van der Waals surface area contributed by atoms with E-state index < -0.39 is 0 Å². The highest BCUT2D eigenvalue weighted by Crippen LogP contribution is 2.07. The van der Waals surface area contributed by atoms with Gasteiger partial charge in [0.25, 0.3) is 5.91 Å². The monoisotopic (exact) mass is 263 g/mol. The van der Waals surface area contributed by atoms with Gasteiger partial charge in [0.1, 0.15) is 5.69 Å². The molecule has 1 saturated heterocycles. The number of piperazine rings is 1. The Morgan fingerprint density at radius 1 is 1.47 bits per heavy atom. The second-order valence-corrected chi connectivity index (χ2v) is 4.53. The van der Waals surface area contributed by atoms with Gasteiger partial charge in [0.05, 0.1) is 0 Å². The van der Waals surface area contributed by atoms with Crippen molar-refractivity contribution in [3.05, 3.63) is 24.0 Å². The van der Waals surface area contributed by atoms with E-state index in [0.29, 0.717) is 5.69 Å². The quantitative estimate of drug-likeness (QED) is 0.684. The van der Waals surface area contributed by atoms with Gasteiger partial charge >= 0.3 is 0 Å². The van der Waals surface area contributed by atoms with Crippen molar-refractivity contribution >= 4 is 11.6 Å². The number of rotatable bonds is 5. The van der Waals surface area contributed by atoms with E-state index in [0.717, 1.165) is 45.0 Å². The Kier molecular flexibility index (Phi) is 5.11. The van der Waals surface area contributed by atoms with Crippen molar-refractivity contribution in [2.24, 2.45) is 0 Å². The highest BCUT2D eigenvalue weighted by molar-refractivity contribution is 5.92. The van der Waals surface area contributed by atoms with E-state index in [1.165, 1.54) is 0 Å². The summed E-state index contributed by atoms with van der Waals surface area (Å²) < 4.78 is 0. The van der Waals surface area contributed by atoms with Gasteiger partial charge in [0.15, 0.2) is 0 Å². The van der Waals surface area contributed by atoms with Crippen molar-refractivity contribution < 1.29 is 4.79 Å². The summed E-state index contributed by atoms with van der Waals surface area (Å²) in [6.07, 6.45) is 1.65. The smallest absolute Gasteiger partial charge is 0.269 e. The van der Waals surface area contributed by atoms with E-state index >= 15 is 0 Å². The van der Waals surface area contributed by atoms with E-state index in [1.54, 1.807) is 19.3 Å². The normalized spacial score (nSPS) is 16.1. The SMILES string of the molecule is CNC(=O)c1cc(NCCN2CCNCC2)ccn1. The fraction of sp³-hybridized carbons (Fsp3) is 0.538. The van der Waals surface area contributed by atoms with E-state index in [-0.39, 0.29) is 5.91 Å². The number of nitrogens with one attached hydrogen (secondary N) is 3. The van der Waals surface area contributed by atoms with E-state index in [4.69, 9.17) is 0 Å². The molecule has 0 aliphatic carbocycles. The van der Waals surface area contributed by atoms with Crippen LogP contribution in [0.5, 0.6) is 0 Å². The summed E-state index contributed by atoms with van der Waals surface area (Å²) in [5.41, 5.74) is 1.37. The van der Waals surface area contributed by atoms with Crippen LogP contribution in [0.1, 0.15) is 10.5 Å². The second-order valence-electron chi connectivity index (χ2n) is 4.53. The molecule has 0 unspecified atom stereocenters. The largest absolute Gasteiger partial charge is 0.384 e. The summed E-state index contributed by atoms with van der Waals surface area (Å²) in [7, 11) is 1.61. The van der Waals surface area contributed by atoms with Crippen molar-refractivity contribution in [2.45, 2.75) is 0 Å². The first kappa shape index (κ1) is 13.8. The summed E-state index contributed by atoms with van der Waals surface area (Å²) in [6.45, 7) is 6.21. The number of hydrogen-bond acceptors (Lipinski definition) is 5. The van der Waals surface area contributed by atoms with E-state index in [9.17, 15) is 4.79 Å². The number of amides is 1. The van der Waals surface area contributed by atoms with Gasteiger partial charge in [0.2, 0.25) is 0 Å². The van der Waals surface area contributed by atoms with Crippen LogP contribution in [0.2, 0.25) is 0 Å². The van der Waals surface area contributed by atoms with Crippen molar-refractivity contribution in [1.82, 2.24) is 20.5 Å². The highest BCUT2D eigenvalue weighted by atomic mass is 16.1. The zero-order valence-corrected chi connectivity index (χ0v) is 11.3. The van der Waals surface area contributed by atoms with Crippen molar-refractivity contribution in [3.63, 3.8) is 0 Å². The maximum atomic E-state index is 11.5. The molecule has 0 radical (unpaired) electrons. The molecule has 2 heterocycles. The molecule has 1 aromatic heterocycles. The third-order valence-corrected chi connectivity index (χ3v) is 3.19. The highest BCUT2D eigenvalue weighted by Gasteiger charge is 2.09. The van der Waals surface area contributed by atoms with Crippen molar-refractivity contribution in [3.8, 4) is 0 Å². The van der Waals surface area contributed by atoms with Gasteiger partial charge in [-0.05, 0) is 12.1 Å². The molecule has 6 heteroatoms. The topological polar surface area (TPSA) is 69.3 Å². The number of anilines is 1. The number of carbonyl (C=O) groups is 1. The number of pyridine rings is 1. The number of aromatic nitrogens is 1. The summed E-state index contributed by atoms with van der Waals surface area (Å²) in [5, 5.41) is 9.24. The average molecular weight is 263 g/mol. The van der Waals surface area contributed by atoms with Gasteiger partial charge in [0, 0.05) is 58.2 Å². The van der Waals surface area contributed by atoms with Crippen LogP contribution in [0, 0.1) is 0 Å².